The molecule has 0 aliphatic rings. The summed E-state index contributed by atoms with van der Waals surface area (Å²) in [5, 5.41) is 7.55. The summed E-state index contributed by atoms with van der Waals surface area (Å²) in [7, 11) is 0. The van der Waals surface area contributed by atoms with Crippen LogP contribution in [0.3, 0.4) is 0 Å². The Morgan fingerprint density at radius 1 is 1.12 bits per heavy atom. The third kappa shape index (κ3) is 3.75. The van der Waals surface area contributed by atoms with Crippen LogP contribution in [-0.4, -0.2) is 26.3 Å². The summed E-state index contributed by atoms with van der Waals surface area (Å²) in [6.07, 6.45) is 0. The maximum atomic E-state index is 12.0. The van der Waals surface area contributed by atoms with Crippen molar-refractivity contribution in [3.05, 3.63) is 64.6 Å². The van der Waals surface area contributed by atoms with E-state index in [1.54, 1.807) is 12.1 Å². The normalized spacial score (nSPS) is 10.5. The van der Waals surface area contributed by atoms with E-state index < -0.39 is 0 Å². The number of hydrogen-bond acceptors (Lipinski definition) is 6. The molecular formula is C17H18N6O. The number of anilines is 2. The molecule has 0 radical (unpaired) electrons. The van der Waals surface area contributed by atoms with Crippen LogP contribution in [0.25, 0.3) is 11.3 Å². The average molecular weight is 322 g/mol. The van der Waals surface area contributed by atoms with E-state index in [2.05, 4.69) is 20.4 Å². The summed E-state index contributed by atoms with van der Waals surface area (Å²) in [6, 6.07) is 14.8. The Morgan fingerprint density at radius 2 is 1.92 bits per heavy atom. The molecule has 0 spiro atoms. The lowest BCUT2D eigenvalue weighted by Crippen LogP contribution is -2.26. The van der Waals surface area contributed by atoms with Crippen LogP contribution in [0.15, 0.2) is 53.3 Å². The van der Waals surface area contributed by atoms with Crippen LogP contribution in [0.2, 0.25) is 0 Å². The highest BCUT2D eigenvalue weighted by Gasteiger charge is 2.04. The fourth-order valence-electron chi connectivity index (χ4n) is 2.34. The quantitative estimate of drug-likeness (QED) is 0.742. The Kier molecular flexibility index (Phi) is 4.51. The number of aromatic nitrogens is 4. The number of hydrogen-bond donors (Lipinski definition) is 2. The van der Waals surface area contributed by atoms with Crippen LogP contribution >= 0.6 is 0 Å². The maximum Gasteiger partial charge on any atom is 0.266 e. The van der Waals surface area contributed by atoms with E-state index in [4.69, 9.17) is 5.73 Å². The van der Waals surface area contributed by atoms with Gasteiger partial charge in [0.2, 0.25) is 5.95 Å². The van der Waals surface area contributed by atoms with Gasteiger partial charge in [-0.15, -0.1) is 0 Å². The highest BCUT2D eigenvalue weighted by atomic mass is 16.1. The van der Waals surface area contributed by atoms with Gasteiger partial charge in [-0.05, 0) is 13.0 Å². The van der Waals surface area contributed by atoms with Crippen molar-refractivity contribution in [2.45, 2.75) is 13.5 Å². The minimum atomic E-state index is -0.144. The Bertz CT molecular complexity index is 871. The van der Waals surface area contributed by atoms with E-state index in [1.165, 1.54) is 10.7 Å². The van der Waals surface area contributed by atoms with Crippen molar-refractivity contribution in [1.82, 2.24) is 19.7 Å². The lowest BCUT2D eigenvalue weighted by Gasteiger charge is -2.09. The van der Waals surface area contributed by atoms with Gasteiger partial charge in [-0.2, -0.15) is 10.1 Å². The standard InChI is InChI=1S/C17H18N6O/c1-12-11-15(21-17(18)20-12)19-9-10-23-16(24)8-7-14(22-23)13-5-3-2-4-6-13/h2-8,11H,9-10H2,1H3,(H3,18,19,20,21). The molecule has 2 heterocycles. The molecule has 0 unspecified atom stereocenters. The van der Waals surface area contributed by atoms with Gasteiger partial charge in [-0.3, -0.25) is 4.79 Å². The van der Waals surface area contributed by atoms with Gasteiger partial charge in [0.15, 0.2) is 0 Å². The predicted molar refractivity (Wildman–Crippen MR) is 93.6 cm³/mol. The molecule has 1 aromatic carbocycles. The second kappa shape index (κ2) is 6.91. The molecule has 0 atom stereocenters. The fraction of sp³-hybridized carbons (Fsp3) is 0.176. The first-order valence-corrected chi connectivity index (χ1v) is 7.60. The average Bonchev–Trinajstić information content (AvgIpc) is 2.56. The highest BCUT2D eigenvalue weighted by Crippen LogP contribution is 2.14. The van der Waals surface area contributed by atoms with Crippen LogP contribution in [0.4, 0.5) is 11.8 Å². The fourth-order valence-corrected chi connectivity index (χ4v) is 2.34. The maximum absolute atomic E-state index is 12.0. The Morgan fingerprint density at radius 3 is 2.67 bits per heavy atom. The molecule has 3 aromatic rings. The van der Waals surface area contributed by atoms with Gasteiger partial charge < -0.3 is 11.1 Å². The second-order valence-corrected chi connectivity index (χ2v) is 5.33. The molecule has 24 heavy (non-hydrogen) atoms. The van der Waals surface area contributed by atoms with E-state index >= 15 is 0 Å². The molecule has 0 amide bonds. The molecule has 2 aromatic heterocycles. The van der Waals surface area contributed by atoms with Gasteiger partial charge >= 0.3 is 0 Å². The van der Waals surface area contributed by atoms with Crippen LogP contribution in [-0.2, 0) is 6.54 Å². The molecule has 0 aliphatic carbocycles. The van der Waals surface area contributed by atoms with Crippen LogP contribution in [0.1, 0.15) is 5.69 Å². The van der Waals surface area contributed by atoms with Crippen molar-refractivity contribution in [1.29, 1.82) is 0 Å². The number of nitrogens with zero attached hydrogens (tertiary/aromatic N) is 4. The first kappa shape index (κ1) is 15.7. The number of rotatable bonds is 5. The van der Waals surface area contributed by atoms with E-state index in [9.17, 15) is 4.79 Å². The van der Waals surface area contributed by atoms with Crippen LogP contribution < -0.4 is 16.6 Å². The van der Waals surface area contributed by atoms with Gasteiger partial charge in [0.05, 0.1) is 12.2 Å². The van der Waals surface area contributed by atoms with Crippen molar-refractivity contribution >= 4 is 11.8 Å². The number of nitrogens with two attached hydrogens (primary N) is 1. The SMILES string of the molecule is Cc1cc(NCCn2nc(-c3ccccc3)ccc2=O)nc(N)n1. The summed E-state index contributed by atoms with van der Waals surface area (Å²) >= 11 is 0. The van der Waals surface area contributed by atoms with Crippen molar-refractivity contribution in [2.75, 3.05) is 17.6 Å². The van der Waals surface area contributed by atoms with Crippen LogP contribution in [0, 0.1) is 6.92 Å². The molecule has 0 saturated carbocycles. The largest absolute Gasteiger partial charge is 0.368 e. The van der Waals surface area contributed by atoms with E-state index in [0.717, 1.165) is 17.0 Å². The summed E-state index contributed by atoms with van der Waals surface area (Å²) in [5.74, 6) is 0.853. The molecule has 3 N–H and O–H groups in total. The summed E-state index contributed by atoms with van der Waals surface area (Å²) in [4.78, 5) is 20.1. The first-order chi connectivity index (χ1) is 11.6. The number of benzene rings is 1. The highest BCUT2D eigenvalue weighted by molar-refractivity contribution is 5.57. The smallest absolute Gasteiger partial charge is 0.266 e. The van der Waals surface area contributed by atoms with Gasteiger partial charge in [0.25, 0.3) is 5.56 Å². The third-order valence-corrected chi connectivity index (χ3v) is 3.44. The Hall–Kier alpha value is -3.22. The van der Waals surface area contributed by atoms with Crippen molar-refractivity contribution in [3.63, 3.8) is 0 Å². The molecule has 0 aliphatic heterocycles. The first-order valence-electron chi connectivity index (χ1n) is 7.60. The number of aryl methyl sites for hydroxylation is 1. The van der Waals surface area contributed by atoms with Gasteiger partial charge in [0, 0.05) is 29.9 Å². The van der Waals surface area contributed by atoms with Gasteiger partial charge in [-0.25, -0.2) is 9.67 Å². The van der Waals surface area contributed by atoms with E-state index in [1.807, 2.05) is 37.3 Å². The zero-order valence-electron chi connectivity index (χ0n) is 13.3. The Labute approximate surface area is 139 Å². The zero-order valence-corrected chi connectivity index (χ0v) is 13.3. The van der Waals surface area contributed by atoms with E-state index in [-0.39, 0.29) is 11.5 Å². The summed E-state index contributed by atoms with van der Waals surface area (Å²) < 4.78 is 1.44. The second-order valence-electron chi connectivity index (χ2n) is 5.33. The van der Waals surface area contributed by atoms with Gasteiger partial charge in [-0.1, -0.05) is 30.3 Å². The monoisotopic (exact) mass is 322 g/mol. The number of nitrogens with one attached hydrogen (secondary N) is 1. The molecule has 7 nitrogen and oxygen atoms in total. The van der Waals surface area contributed by atoms with Gasteiger partial charge in [0.1, 0.15) is 5.82 Å². The van der Waals surface area contributed by atoms with Crippen LogP contribution in [0.5, 0.6) is 0 Å². The molecule has 0 fully saturated rings. The van der Waals surface area contributed by atoms with Crippen molar-refractivity contribution < 1.29 is 0 Å². The molecule has 3 rings (SSSR count). The predicted octanol–water partition coefficient (Wildman–Crippen LogP) is 1.70. The molecule has 0 saturated heterocycles. The van der Waals surface area contributed by atoms with Crippen molar-refractivity contribution in [2.24, 2.45) is 0 Å². The lowest BCUT2D eigenvalue weighted by atomic mass is 10.1. The molecular weight excluding hydrogens is 304 g/mol. The molecule has 7 heteroatoms. The number of nitrogen functional groups attached to an aromatic ring is 1. The van der Waals surface area contributed by atoms with Crippen molar-refractivity contribution in [3.8, 4) is 11.3 Å². The topological polar surface area (TPSA) is 98.7 Å². The summed E-state index contributed by atoms with van der Waals surface area (Å²) in [5.41, 5.74) is 7.99. The third-order valence-electron chi connectivity index (χ3n) is 3.44. The summed E-state index contributed by atoms with van der Waals surface area (Å²) in [6.45, 7) is 2.77. The minimum absolute atomic E-state index is 0.144. The minimum Gasteiger partial charge on any atom is -0.368 e. The Balaban J connectivity index is 1.72. The zero-order chi connectivity index (χ0) is 16.9. The molecule has 0 bridgehead atoms. The molecule has 122 valence electrons. The lowest BCUT2D eigenvalue weighted by molar-refractivity contribution is 0.600. The van der Waals surface area contributed by atoms with E-state index in [0.29, 0.717) is 18.9 Å².